The van der Waals surface area contributed by atoms with Crippen LogP contribution in [0, 0.1) is 5.41 Å². The van der Waals surface area contributed by atoms with E-state index in [0.29, 0.717) is 43.8 Å². The van der Waals surface area contributed by atoms with Crippen LogP contribution in [0.1, 0.15) is 18.5 Å². The van der Waals surface area contributed by atoms with E-state index < -0.39 is 17.5 Å². The predicted molar refractivity (Wildman–Crippen MR) is 77.8 cm³/mol. The Bertz CT molecular complexity index is 535. The van der Waals surface area contributed by atoms with Crippen LogP contribution in [0.3, 0.4) is 0 Å². The van der Waals surface area contributed by atoms with Gasteiger partial charge in [0.2, 0.25) is 0 Å². The van der Waals surface area contributed by atoms with Crippen LogP contribution in [0.15, 0.2) is 18.3 Å². The second-order valence-corrected chi connectivity index (χ2v) is 5.41. The molecule has 0 bridgehead atoms. The molecule has 2 heterocycles. The van der Waals surface area contributed by atoms with Gasteiger partial charge in [0.05, 0.1) is 25.8 Å². The number of hydrogen-bond donors (Lipinski definition) is 1. The topological polar surface area (TPSA) is 89.0 Å². The molecule has 1 aliphatic heterocycles. The van der Waals surface area contributed by atoms with Gasteiger partial charge in [0.1, 0.15) is 5.75 Å². The molecular weight excluding hydrogens is 288 g/mol. The Hall–Kier alpha value is -2.31. The van der Waals surface area contributed by atoms with E-state index in [4.69, 9.17) is 4.74 Å². The summed E-state index contributed by atoms with van der Waals surface area (Å²) in [5, 5.41) is 9.65. The molecule has 1 aromatic rings. The summed E-state index contributed by atoms with van der Waals surface area (Å²) in [6.07, 6.45) is 2.26. The zero-order chi connectivity index (χ0) is 16.2. The van der Waals surface area contributed by atoms with Crippen LogP contribution in [-0.2, 0) is 16.0 Å². The number of carboxylic acids is 1. The summed E-state index contributed by atoms with van der Waals surface area (Å²) in [6.45, 7) is 0.740. The van der Waals surface area contributed by atoms with Crippen molar-refractivity contribution in [2.24, 2.45) is 5.41 Å². The predicted octanol–water partition coefficient (Wildman–Crippen LogP) is 1.57. The third kappa shape index (κ3) is 3.29. The summed E-state index contributed by atoms with van der Waals surface area (Å²) >= 11 is 0. The van der Waals surface area contributed by atoms with Gasteiger partial charge in [-0.25, -0.2) is 4.79 Å². The van der Waals surface area contributed by atoms with Crippen molar-refractivity contribution >= 4 is 12.1 Å². The van der Waals surface area contributed by atoms with Crippen LogP contribution in [0.25, 0.3) is 0 Å². The molecule has 1 amide bonds. The number of hydrogen-bond acceptors (Lipinski definition) is 5. The van der Waals surface area contributed by atoms with Crippen molar-refractivity contribution in [1.29, 1.82) is 0 Å². The highest BCUT2D eigenvalue weighted by molar-refractivity contribution is 5.76. The normalized spacial score (nSPS) is 16.9. The van der Waals surface area contributed by atoms with Crippen LogP contribution < -0.4 is 4.74 Å². The minimum atomic E-state index is -0.897. The smallest absolute Gasteiger partial charge is 0.409 e. The fourth-order valence-corrected chi connectivity index (χ4v) is 2.70. The number of ether oxygens (including phenoxy) is 2. The SMILES string of the molecule is COC(=O)N1CCC(Cc2ccc(OC)cn2)(C(=O)O)CC1. The number of likely N-dealkylation sites (tertiary alicyclic amines) is 1. The molecule has 0 aromatic carbocycles. The lowest BCUT2D eigenvalue weighted by molar-refractivity contribution is -0.151. The molecule has 7 nitrogen and oxygen atoms in total. The first-order valence-corrected chi connectivity index (χ1v) is 7.06. The van der Waals surface area contributed by atoms with Crippen LogP contribution in [0.4, 0.5) is 4.79 Å². The van der Waals surface area contributed by atoms with E-state index in [1.54, 1.807) is 25.4 Å². The van der Waals surface area contributed by atoms with Gasteiger partial charge in [-0.05, 0) is 25.0 Å². The number of methoxy groups -OCH3 is 2. The first-order valence-electron chi connectivity index (χ1n) is 7.06. The highest BCUT2D eigenvalue weighted by Crippen LogP contribution is 2.35. The van der Waals surface area contributed by atoms with Crippen LogP contribution in [-0.4, -0.2) is 54.4 Å². The Balaban J connectivity index is 2.10. The number of aromatic nitrogens is 1. The number of carbonyl (C=O) groups is 2. The van der Waals surface area contributed by atoms with Crippen molar-refractivity contribution in [3.8, 4) is 5.75 Å². The Morgan fingerprint density at radius 1 is 1.32 bits per heavy atom. The van der Waals surface area contributed by atoms with Crippen molar-refractivity contribution < 1.29 is 24.2 Å². The second kappa shape index (κ2) is 6.64. The highest BCUT2D eigenvalue weighted by Gasteiger charge is 2.43. The zero-order valence-electron chi connectivity index (χ0n) is 12.7. The Kier molecular flexibility index (Phi) is 4.85. The van der Waals surface area contributed by atoms with Crippen molar-refractivity contribution in [1.82, 2.24) is 9.88 Å². The molecule has 1 saturated heterocycles. The molecule has 0 unspecified atom stereocenters. The van der Waals surface area contributed by atoms with Gasteiger partial charge in [-0.15, -0.1) is 0 Å². The molecule has 0 saturated carbocycles. The molecule has 1 aromatic heterocycles. The molecule has 7 heteroatoms. The van der Waals surface area contributed by atoms with E-state index >= 15 is 0 Å². The molecule has 1 N–H and O–H groups in total. The molecule has 120 valence electrons. The summed E-state index contributed by atoms with van der Waals surface area (Å²) in [5.41, 5.74) is -0.193. The quantitative estimate of drug-likeness (QED) is 0.908. The average molecular weight is 308 g/mol. The molecule has 1 aliphatic rings. The minimum Gasteiger partial charge on any atom is -0.495 e. The monoisotopic (exact) mass is 308 g/mol. The van der Waals surface area contributed by atoms with Crippen LogP contribution >= 0.6 is 0 Å². The molecule has 0 radical (unpaired) electrons. The summed E-state index contributed by atoms with van der Waals surface area (Å²) in [4.78, 5) is 29.0. The minimum absolute atomic E-state index is 0.335. The van der Waals surface area contributed by atoms with Crippen molar-refractivity contribution in [2.45, 2.75) is 19.3 Å². The van der Waals surface area contributed by atoms with E-state index in [-0.39, 0.29) is 0 Å². The molecule has 0 atom stereocenters. The van der Waals surface area contributed by atoms with Crippen molar-refractivity contribution in [3.05, 3.63) is 24.0 Å². The number of carbonyl (C=O) groups excluding carboxylic acids is 1. The molecule has 22 heavy (non-hydrogen) atoms. The van der Waals surface area contributed by atoms with Crippen LogP contribution in [0.5, 0.6) is 5.75 Å². The van der Waals surface area contributed by atoms with E-state index in [9.17, 15) is 14.7 Å². The van der Waals surface area contributed by atoms with Gasteiger partial charge >= 0.3 is 12.1 Å². The summed E-state index contributed by atoms with van der Waals surface area (Å²) in [7, 11) is 2.88. The largest absolute Gasteiger partial charge is 0.495 e. The number of carboxylic acid groups (broad SMARTS) is 1. The molecule has 0 aliphatic carbocycles. The van der Waals surface area contributed by atoms with E-state index in [0.717, 1.165) is 0 Å². The summed E-state index contributed by atoms with van der Waals surface area (Å²) < 4.78 is 9.72. The fraction of sp³-hybridized carbons (Fsp3) is 0.533. The third-order valence-corrected chi connectivity index (χ3v) is 4.16. The Morgan fingerprint density at radius 2 is 2.00 bits per heavy atom. The van der Waals surface area contributed by atoms with E-state index in [2.05, 4.69) is 9.72 Å². The van der Waals surface area contributed by atoms with Gasteiger partial charge < -0.3 is 19.5 Å². The number of amides is 1. The lowest BCUT2D eigenvalue weighted by Gasteiger charge is -2.38. The van der Waals surface area contributed by atoms with E-state index in [1.807, 2.05) is 0 Å². The summed E-state index contributed by atoms with van der Waals surface area (Å²) in [6, 6.07) is 3.54. The maximum atomic E-state index is 11.8. The lowest BCUT2D eigenvalue weighted by Crippen LogP contribution is -2.47. The number of rotatable bonds is 4. The Morgan fingerprint density at radius 3 is 2.45 bits per heavy atom. The molecule has 0 spiro atoms. The zero-order valence-corrected chi connectivity index (χ0v) is 12.7. The van der Waals surface area contributed by atoms with Gasteiger partial charge in [-0.3, -0.25) is 9.78 Å². The number of pyridine rings is 1. The molecular formula is C15H20N2O5. The average Bonchev–Trinajstić information content (AvgIpc) is 2.55. The van der Waals surface area contributed by atoms with Gasteiger partial charge in [0.15, 0.2) is 0 Å². The molecule has 1 fully saturated rings. The van der Waals surface area contributed by atoms with Gasteiger partial charge in [0, 0.05) is 25.2 Å². The molecule has 2 rings (SSSR count). The Labute approximate surface area is 128 Å². The highest BCUT2D eigenvalue weighted by atomic mass is 16.5. The van der Waals surface area contributed by atoms with Gasteiger partial charge in [-0.2, -0.15) is 0 Å². The van der Waals surface area contributed by atoms with Gasteiger partial charge in [-0.1, -0.05) is 0 Å². The second-order valence-electron chi connectivity index (χ2n) is 5.41. The lowest BCUT2D eigenvalue weighted by atomic mass is 9.75. The fourth-order valence-electron chi connectivity index (χ4n) is 2.70. The van der Waals surface area contributed by atoms with E-state index in [1.165, 1.54) is 12.0 Å². The number of aliphatic carboxylic acids is 1. The van der Waals surface area contributed by atoms with Crippen molar-refractivity contribution in [2.75, 3.05) is 27.3 Å². The maximum Gasteiger partial charge on any atom is 0.409 e. The first-order chi connectivity index (χ1) is 10.5. The van der Waals surface area contributed by atoms with Crippen molar-refractivity contribution in [3.63, 3.8) is 0 Å². The maximum absolute atomic E-state index is 11.8. The standard InChI is InChI=1S/C15H20N2O5/c1-21-12-4-3-11(16-10-12)9-15(13(18)19)5-7-17(8-6-15)14(20)22-2/h3-4,10H,5-9H2,1-2H3,(H,18,19). The number of nitrogens with zero attached hydrogens (tertiary/aromatic N) is 2. The van der Waals surface area contributed by atoms with Gasteiger partial charge in [0.25, 0.3) is 0 Å². The first kappa shape index (κ1) is 16.1. The summed E-state index contributed by atoms with van der Waals surface area (Å²) in [5.74, 6) is -0.219. The third-order valence-electron chi connectivity index (χ3n) is 4.16. The van der Waals surface area contributed by atoms with Crippen LogP contribution in [0.2, 0.25) is 0 Å². The number of piperidine rings is 1.